The standard InChI is InChI=1S/C14H22BrN3O2S/c1-11(10-20-2)16-14(19)18-7-5-17(6-8-18)9-12-3-4-13(15)21-12/h3-4,11H,5-10H2,1-2H3,(H,16,19). The zero-order chi connectivity index (χ0) is 15.2. The lowest BCUT2D eigenvalue weighted by molar-refractivity contribution is 0.126. The number of nitrogens with one attached hydrogen (secondary N) is 1. The largest absolute Gasteiger partial charge is 0.383 e. The van der Waals surface area contributed by atoms with Crippen molar-refractivity contribution >= 4 is 33.3 Å². The zero-order valence-corrected chi connectivity index (χ0v) is 14.9. The summed E-state index contributed by atoms with van der Waals surface area (Å²) >= 11 is 5.26. The van der Waals surface area contributed by atoms with Gasteiger partial charge in [-0.15, -0.1) is 11.3 Å². The minimum Gasteiger partial charge on any atom is -0.383 e. The van der Waals surface area contributed by atoms with Gasteiger partial charge in [0.15, 0.2) is 0 Å². The highest BCUT2D eigenvalue weighted by Gasteiger charge is 2.22. The van der Waals surface area contributed by atoms with Gasteiger partial charge in [0, 0.05) is 44.7 Å². The third-order valence-corrected chi connectivity index (χ3v) is 5.06. The van der Waals surface area contributed by atoms with Gasteiger partial charge in [-0.2, -0.15) is 0 Å². The molecule has 2 heterocycles. The highest BCUT2D eigenvalue weighted by molar-refractivity contribution is 9.11. The Morgan fingerprint density at radius 1 is 1.43 bits per heavy atom. The zero-order valence-electron chi connectivity index (χ0n) is 12.5. The van der Waals surface area contributed by atoms with Gasteiger partial charge in [-0.3, -0.25) is 4.90 Å². The number of amides is 2. The van der Waals surface area contributed by atoms with Crippen LogP contribution in [-0.4, -0.2) is 61.8 Å². The van der Waals surface area contributed by atoms with Crippen molar-refractivity contribution in [2.45, 2.75) is 19.5 Å². The van der Waals surface area contributed by atoms with Crippen molar-refractivity contribution in [1.82, 2.24) is 15.1 Å². The number of hydrogen-bond acceptors (Lipinski definition) is 4. The maximum atomic E-state index is 12.1. The minimum absolute atomic E-state index is 0.0121. The average Bonchev–Trinajstić information content (AvgIpc) is 2.85. The molecule has 1 aliphatic heterocycles. The Labute approximate surface area is 138 Å². The third-order valence-electron chi connectivity index (χ3n) is 3.45. The topological polar surface area (TPSA) is 44.8 Å². The molecule has 1 saturated heterocycles. The fourth-order valence-electron chi connectivity index (χ4n) is 2.36. The fraction of sp³-hybridized carbons (Fsp3) is 0.643. The van der Waals surface area contributed by atoms with E-state index in [9.17, 15) is 4.79 Å². The highest BCUT2D eigenvalue weighted by Crippen LogP contribution is 2.23. The molecule has 118 valence electrons. The lowest BCUT2D eigenvalue weighted by atomic mass is 10.3. The van der Waals surface area contributed by atoms with Crippen LogP contribution in [0.5, 0.6) is 0 Å². The van der Waals surface area contributed by atoms with Crippen molar-refractivity contribution in [3.05, 3.63) is 20.8 Å². The Kier molecular flexibility index (Phi) is 6.47. The number of halogens is 1. The van der Waals surface area contributed by atoms with E-state index < -0.39 is 0 Å². The molecule has 0 saturated carbocycles. The summed E-state index contributed by atoms with van der Waals surface area (Å²) in [4.78, 5) is 17.7. The van der Waals surface area contributed by atoms with E-state index in [1.807, 2.05) is 11.8 Å². The molecule has 1 aromatic rings. The van der Waals surface area contributed by atoms with E-state index in [1.165, 1.54) is 8.66 Å². The first-order valence-corrected chi connectivity index (χ1v) is 8.70. The van der Waals surface area contributed by atoms with Crippen molar-refractivity contribution in [2.24, 2.45) is 0 Å². The maximum Gasteiger partial charge on any atom is 0.317 e. The molecule has 5 nitrogen and oxygen atoms in total. The molecule has 0 aliphatic carbocycles. The van der Waals surface area contributed by atoms with Crippen LogP contribution in [0.4, 0.5) is 4.79 Å². The SMILES string of the molecule is COCC(C)NC(=O)N1CCN(Cc2ccc(Br)s2)CC1. The summed E-state index contributed by atoms with van der Waals surface area (Å²) in [6.45, 7) is 6.84. The van der Waals surface area contributed by atoms with Gasteiger partial charge in [-0.1, -0.05) is 0 Å². The quantitative estimate of drug-likeness (QED) is 0.858. The predicted octanol–water partition coefficient (Wildman–Crippen LogP) is 2.37. The number of rotatable bonds is 5. The van der Waals surface area contributed by atoms with Crippen molar-refractivity contribution in [1.29, 1.82) is 0 Å². The molecule has 0 aromatic carbocycles. The van der Waals surface area contributed by atoms with E-state index in [0.29, 0.717) is 6.61 Å². The number of carbonyl (C=O) groups excluding carboxylic acids is 1. The van der Waals surface area contributed by atoms with Gasteiger partial charge in [0.05, 0.1) is 16.4 Å². The summed E-state index contributed by atoms with van der Waals surface area (Å²) in [5, 5.41) is 2.96. The first-order valence-electron chi connectivity index (χ1n) is 7.09. The highest BCUT2D eigenvalue weighted by atomic mass is 79.9. The summed E-state index contributed by atoms with van der Waals surface area (Å²) < 4.78 is 6.20. The first kappa shape index (κ1) is 16.7. The van der Waals surface area contributed by atoms with Crippen LogP contribution in [0.2, 0.25) is 0 Å². The number of carbonyl (C=O) groups is 1. The Hall–Kier alpha value is -0.630. The normalized spacial score (nSPS) is 17.8. The molecule has 1 unspecified atom stereocenters. The summed E-state index contributed by atoms with van der Waals surface area (Å²) in [7, 11) is 1.64. The van der Waals surface area contributed by atoms with Gasteiger partial charge in [-0.25, -0.2) is 4.79 Å². The second kappa shape index (κ2) is 8.12. The van der Waals surface area contributed by atoms with E-state index >= 15 is 0 Å². The van der Waals surface area contributed by atoms with E-state index in [2.05, 4.69) is 38.3 Å². The Morgan fingerprint density at radius 2 is 2.14 bits per heavy atom. The van der Waals surface area contributed by atoms with E-state index in [1.54, 1.807) is 18.4 Å². The molecule has 1 aromatic heterocycles. The summed E-state index contributed by atoms with van der Waals surface area (Å²) in [6, 6.07) is 4.29. The van der Waals surface area contributed by atoms with Gasteiger partial charge in [-0.05, 0) is 35.0 Å². The first-order chi connectivity index (χ1) is 10.1. The van der Waals surface area contributed by atoms with Crippen LogP contribution in [0.25, 0.3) is 0 Å². The number of urea groups is 1. The van der Waals surface area contributed by atoms with Crippen LogP contribution < -0.4 is 5.32 Å². The van der Waals surface area contributed by atoms with Crippen LogP contribution in [0.3, 0.4) is 0 Å². The van der Waals surface area contributed by atoms with Gasteiger partial charge < -0.3 is 15.0 Å². The Morgan fingerprint density at radius 3 is 2.71 bits per heavy atom. The number of nitrogens with zero attached hydrogens (tertiary/aromatic N) is 2. The molecular weight excluding hydrogens is 354 g/mol. The minimum atomic E-state index is 0.0121. The predicted molar refractivity (Wildman–Crippen MR) is 88.7 cm³/mol. The molecule has 1 aliphatic rings. The van der Waals surface area contributed by atoms with Crippen molar-refractivity contribution in [2.75, 3.05) is 39.9 Å². The average molecular weight is 376 g/mol. The maximum absolute atomic E-state index is 12.1. The summed E-state index contributed by atoms with van der Waals surface area (Å²) in [5.74, 6) is 0. The van der Waals surface area contributed by atoms with Gasteiger partial charge >= 0.3 is 6.03 Å². The van der Waals surface area contributed by atoms with Crippen LogP contribution in [0.1, 0.15) is 11.8 Å². The fourth-order valence-corrected chi connectivity index (χ4v) is 3.89. The summed E-state index contributed by atoms with van der Waals surface area (Å²) in [5.41, 5.74) is 0. The number of ether oxygens (including phenoxy) is 1. The molecule has 1 N–H and O–H groups in total. The molecular formula is C14H22BrN3O2S. The molecule has 0 spiro atoms. The Balaban J connectivity index is 1.73. The molecule has 2 rings (SSSR count). The van der Waals surface area contributed by atoms with Crippen LogP contribution in [0, 0.1) is 0 Å². The number of hydrogen-bond donors (Lipinski definition) is 1. The lowest BCUT2D eigenvalue weighted by Gasteiger charge is -2.35. The van der Waals surface area contributed by atoms with E-state index in [-0.39, 0.29) is 12.1 Å². The van der Waals surface area contributed by atoms with E-state index in [4.69, 9.17) is 4.74 Å². The molecule has 0 radical (unpaired) electrons. The third kappa shape index (κ3) is 5.25. The molecule has 21 heavy (non-hydrogen) atoms. The molecule has 1 atom stereocenters. The van der Waals surface area contributed by atoms with Crippen LogP contribution in [0.15, 0.2) is 15.9 Å². The second-order valence-corrected chi connectivity index (χ2v) is 7.82. The van der Waals surface area contributed by atoms with Crippen molar-refractivity contribution in [3.63, 3.8) is 0 Å². The number of piperazine rings is 1. The van der Waals surface area contributed by atoms with Crippen LogP contribution >= 0.6 is 27.3 Å². The number of thiophene rings is 1. The summed E-state index contributed by atoms with van der Waals surface area (Å²) in [6.07, 6.45) is 0. The number of methoxy groups -OCH3 is 1. The smallest absolute Gasteiger partial charge is 0.317 e. The molecule has 0 bridgehead atoms. The molecule has 7 heteroatoms. The molecule has 2 amide bonds. The van der Waals surface area contributed by atoms with Crippen molar-refractivity contribution < 1.29 is 9.53 Å². The second-order valence-electron chi connectivity index (χ2n) is 5.27. The lowest BCUT2D eigenvalue weighted by Crippen LogP contribution is -2.53. The van der Waals surface area contributed by atoms with Crippen molar-refractivity contribution in [3.8, 4) is 0 Å². The molecule has 1 fully saturated rings. The van der Waals surface area contributed by atoms with E-state index in [0.717, 1.165) is 32.7 Å². The van der Waals surface area contributed by atoms with Crippen LogP contribution in [-0.2, 0) is 11.3 Å². The van der Waals surface area contributed by atoms with Gasteiger partial charge in [0.25, 0.3) is 0 Å². The van der Waals surface area contributed by atoms with Gasteiger partial charge in [0.1, 0.15) is 0 Å². The monoisotopic (exact) mass is 375 g/mol. The Bertz CT molecular complexity index is 461. The van der Waals surface area contributed by atoms with Gasteiger partial charge in [0.2, 0.25) is 0 Å².